The van der Waals surface area contributed by atoms with Crippen LogP contribution in [-0.4, -0.2) is 24.1 Å². The van der Waals surface area contributed by atoms with E-state index in [4.69, 9.17) is 15.0 Å². The van der Waals surface area contributed by atoms with Crippen LogP contribution in [0.25, 0.3) is 100 Å². The molecule has 3 aromatic heterocycles. The molecule has 1 aliphatic carbocycles. The highest BCUT2D eigenvalue weighted by atomic mass is 15.1. The minimum absolute atomic E-state index is 0.00472. The van der Waals surface area contributed by atoms with Crippen molar-refractivity contribution in [1.29, 1.82) is 0 Å². The SMILES string of the molecule is C1=C(c2cc(-c3ccccc3)cc(-c3nc(-c4ccccc4)nc(-c4ccccc4)n3)c2)C=C(n2c3ccccc3c3ccccc32)CC1n1c2ccccc2c2ccccc21. The van der Waals surface area contributed by atoms with E-state index < -0.39 is 0 Å². The van der Waals surface area contributed by atoms with Crippen molar-refractivity contribution in [2.75, 3.05) is 0 Å². The zero-order chi connectivity index (χ0) is 41.0. The Morgan fingerprint density at radius 3 is 1.26 bits per heavy atom. The predicted octanol–water partition coefficient (Wildman–Crippen LogP) is 14.3. The molecule has 5 heteroatoms. The molecule has 0 bridgehead atoms. The molecule has 292 valence electrons. The molecule has 0 spiro atoms. The second kappa shape index (κ2) is 14.8. The Morgan fingerprint density at radius 2 is 0.742 bits per heavy atom. The van der Waals surface area contributed by atoms with Gasteiger partial charge in [0, 0.05) is 61.4 Å². The zero-order valence-corrected chi connectivity index (χ0v) is 33.8. The molecular weight excluding hydrogens is 755 g/mol. The van der Waals surface area contributed by atoms with Gasteiger partial charge < -0.3 is 9.13 Å². The van der Waals surface area contributed by atoms with Crippen LogP contribution < -0.4 is 0 Å². The third-order valence-electron chi connectivity index (χ3n) is 12.3. The number of allylic oxidation sites excluding steroid dienone is 4. The smallest absolute Gasteiger partial charge is 0.164 e. The summed E-state index contributed by atoms with van der Waals surface area (Å²) in [5, 5.41) is 5.02. The maximum Gasteiger partial charge on any atom is 0.164 e. The summed E-state index contributed by atoms with van der Waals surface area (Å²) >= 11 is 0. The number of aromatic nitrogens is 5. The number of nitrogens with zero attached hydrogens (tertiary/aromatic N) is 5. The lowest BCUT2D eigenvalue weighted by atomic mass is 9.90. The molecule has 0 saturated heterocycles. The topological polar surface area (TPSA) is 48.5 Å². The average Bonchev–Trinajstić information content (AvgIpc) is 3.88. The monoisotopic (exact) mass is 793 g/mol. The first-order valence-electron chi connectivity index (χ1n) is 21.2. The Labute approximate surface area is 359 Å². The second-order valence-electron chi connectivity index (χ2n) is 16.0. The summed E-state index contributed by atoms with van der Waals surface area (Å²) in [6, 6.07) is 73.1. The Hall–Kier alpha value is -8.15. The molecule has 0 aliphatic heterocycles. The van der Waals surface area contributed by atoms with Gasteiger partial charge in [-0.2, -0.15) is 0 Å². The van der Waals surface area contributed by atoms with Crippen molar-refractivity contribution in [3.63, 3.8) is 0 Å². The minimum Gasteiger partial charge on any atom is -0.333 e. The van der Waals surface area contributed by atoms with Crippen LogP contribution in [0, 0.1) is 0 Å². The van der Waals surface area contributed by atoms with E-state index in [9.17, 15) is 0 Å². The second-order valence-corrected chi connectivity index (χ2v) is 16.0. The minimum atomic E-state index is 0.00472. The molecule has 0 N–H and O–H groups in total. The van der Waals surface area contributed by atoms with Crippen LogP contribution in [0.5, 0.6) is 0 Å². The maximum atomic E-state index is 5.20. The highest BCUT2D eigenvalue weighted by Gasteiger charge is 2.26. The van der Waals surface area contributed by atoms with Crippen molar-refractivity contribution < 1.29 is 0 Å². The molecule has 0 fully saturated rings. The van der Waals surface area contributed by atoms with E-state index in [1.807, 2.05) is 36.4 Å². The fraction of sp³-hybridized carbons (Fsp3) is 0.0351. The van der Waals surface area contributed by atoms with Crippen LogP contribution in [0.1, 0.15) is 18.0 Å². The van der Waals surface area contributed by atoms with Crippen LogP contribution in [0.3, 0.4) is 0 Å². The predicted molar refractivity (Wildman–Crippen MR) is 256 cm³/mol. The lowest BCUT2D eigenvalue weighted by Gasteiger charge is -2.27. The standard InChI is InChI=1S/C57H39N5/c1-4-18-38(19-5-1)41-32-42(34-44(33-41)57-59-55(39-20-6-2-7-21-39)58-56(60-57)40-22-8-3-9-23-40)43-35-45(61-51-28-14-10-24-47(51)48-25-11-15-29-52(48)61)37-46(36-43)62-53-30-16-12-26-49(53)50-27-13-17-31-54(50)62/h1-36,45H,37H2. The molecule has 62 heavy (non-hydrogen) atoms. The molecule has 1 unspecified atom stereocenters. The summed E-state index contributed by atoms with van der Waals surface area (Å²) in [6.07, 6.45) is 5.69. The number of fused-ring (bicyclic) bond motifs is 6. The zero-order valence-electron chi connectivity index (χ0n) is 33.8. The van der Waals surface area contributed by atoms with Crippen molar-refractivity contribution >= 4 is 54.9 Å². The van der Waals surface area contributed by atoms with Gasteiger partial charge in [0.15, 0.2) is 17.5 Å². The normalized spacial score (nSPS) is 14.1. The molecule has 0 amide bonds. The van der Waals surface area contributed by atoms with Crippen LogP contribution in [-0.2, 0) is 0 Å². The van der Waals surface area contributed by atoms with E-state index in [1.54, 1.807) is 0 Å². The fourth-order valence-corrected chi connectivity index (χ4v) is 9.47. The summed E-state index contributed by atoms with van der Waals surface area (Å²) in [5.41, 5.74) is 13.3. The molecule has 11 aromatic rings. The van der Waals surface area contributed by atoms with Crippen LogP contribution in [0.4, 0.5) is 0 Å². The van der Waals surface area contributed by atoms with Gasteiger partial charge in [-0.15, -0.1) is 0 Å². The largest absolute Gasteiger partial charge is 0.333 e. The van der Waals surface area contributed by atoms with E-state index in [0.29, 0.717) is 17.5 Å². The number of hydrogen-bond acceptors (Lipinski definition) is 3. The first kappa shape index (κ1) is 35.8. The van der Waals surface area contributed by atoms with Gasteiger partial charge in [-0.25, -0.2) is 15.0 Å². The van der Waals surface area contributed by atoms with E-state index in [1.165, 1.54) is 49.3 Å². The quantitative estimate of drug-likeness (QED) is 0.161. The number of hydrogen-bond donors (Lipinski definition) is 0. The Kier molecular flexibility index (Phi) is 8.56. The van der Waals surface area contributed by atoms with Gasteiger partial charge in [0.25, 0.3) is 0 Å². The van der Waals surface area contributed by atoms with Gasteiger partial charge in [-0.05, 0) is 70.8 Å². The Balaban J connectivity index is 1.12. The van der Waals surface area contributed by atoms with Crippen LogP contribution in [0.2, 0.25) is 0 Å². The highest BCUT2D eigenvalue weighted by molar-refractivity contribution is 6.11. The summed E-state index contributed by atoms with van der Waals surface area (Å²) in [6.45, 7) is 0. The summed E-state index contributed by atoms with van der Waals surface area (Å²) in [4.78, 5) is 15.4. The fourth-order valence-electron chi connectivity index (χ4n) is 9.47. The highest BCUT2D eigenvalue weighted by Crippen LogP contribution is 2.43. The van der Waals surface area contributed by atoms with E-state index >= 15 is 0 Å². The van der Waals surface area contributed by atoms with Crippen LogP contribution in [0.15, 0.2) is 218 Å². The molecule has 12 rings (SSSR count). The lowest BCUT2D eigenvalue weighted by Crippen LogP contribution is -2.13. The maximum absolute atomic E-state index is 5.20. The number of rotatable bonds is 7. The molecule has 5 nitrogen and oxygen atoms in total. The number of benzene rings is 8. The third kappa shape index (κ3) is 6.13. The van der Waals surface area contributed by atoms with Gasteiger partial charge in [0.1, 0.15) is 0 Å². The first-order chi connectivity index (χ1) is 30.7. The van der Waals surface area contributed by atoms with Gasteiger partial charge >= 0.3 is 0 Å². The van der Waals surface area contributed by atoms with Gasteiger partial charge in [-0.3, -0.25) is 0 Å². The molecule has 3 heterocycles. The van der Waals surface area contributed by atoms with Crippen molar-refractivity contribution in [3.8, 4) is 45.3 Å². The van der Waals surface area contributed by atoms with E-state index in [2.05, 4.69) is 191 Å². The number of para-hydroxylation sites is 4. The first-order valence-corrected chi connectivity index (χ1v) is 21.2. The van der Waals surface area contributed by atoms with Crippen molar-refractivity contribution in [2.24, 2.45) is 0 Å². The van der Waals surface area contributed by atoms with Gasteiger partial charge in [0.2, 0.25) is 0 Å². The van der Waals surface area contributed by atoms with E-state index in [0.717, 1.165) is 45.4 Å². The molecule has 1 atom stereocenters. The van der Waals surface area contributed by atoms with Crippen LogP contribution >= 0.6 is 0 Å². The van der Waals surface area contributed by atoms with Gasteiger partial charge in [0.05, 0.1) is 17.1 Å². The average molecular weight is 794 g/mol. The lowest BCUT2D eigenvalue weighted by molar-refractivity contribution is 0.648. The van der Waals surface area contributed by atoms with Crippen molar-refractivity contribution in [2.45, 2.75) is 12.5 Å². The summed E-state index contributed by atoms with van der Waals surface area (Å²) in [5.74, 6) is 1.90. The molecule has 8 aromatic carbocycles. The van der Waals surface area contributed by atoms with E-state index in [-0.39, 0.29) is 6.04 Å². The summed E-state index contributed by atoms with van der Waals surface area (Å²) in [7, 11) is 0. The summed E-state index contributed by atoms with van der Waals surface area (Å²) < 4.78 is 5.04. The molecule has 0 saturated carbocycles. The molecular formula is C57H39N5. The Bertz CT molecular complexity index is 3380. The third-order valence-corrected chi connectivity index (χ3v) is 12.3. The Morgan fingerprint density at radius 1 is 0.355 bits per heavy atom. The van der Waals surface area contributed by atoms with Gasteiger partial charge in [-0.1, -0.05) is 170 Å². The molecule has 0 radical (unpaired) electrons. The van der Waals surface area contributed by atoms with Crippen molar-refractivity contribution in [3.05, 3.63) is 224 Å². The van der Waals surface area contributed by atoms with Crippen molar-refractivity contribution in [1.82, 2.24) is 24.1 Å². The molecule has 1 aliphatic rings.